The molecule has 0 spiro atoms. The number of hydrogen-bond acceptors (Lipinski definition) is 5. The summed E-state index contributed by atoms with van der Waals surface area (Å²) < 4.78 is 1.73. The Kier molecular flexibility index (Phi) is 3.33. The zero-order valence-corrected chi connectivity index (χ0v) is 13.3. The average molecular weight is 329 g/mol. The topological polar surface area (TPSA) is 79.1 Å². The number of thioether (sulfide) groups is 1. The first-order chi connectivity index (χ1) is 11.1. The molecule has 1 saturated heterocycles. The predicted molar refractivity (Wildman–Crippen MR) is 87.2 cm³/mol. The van der Waals surface area contributed by atoms with Crippen LogP contribution in [0.3, 0.4) is 0 Å². The van der Waals surface area contributed by atoms with E-state index < -0.39 is 0 Å². The second-order valence-corrected chi connectivity index (χ2v) is 6.54. The van der Waals surface area contributed by atoms with Crippen molar-refractivity contribution in [2.24, 2.45) is 5.10 Å². The van der Waals surface area contributed by atoms with Crippen LogP contribution in [-0.4, -0.2) is 43.1 Å². The summed E-state index contributed by atoms with van der Waals surface area (Å²) in [4.78, 5) is 30.4. The first-order valence-corrected chi connectivity index (χ1v) is 8.40. The van der Waals surface area contributed by atoms with Gasteiger partial charge in [-0.15, -0.1) is 5.10 Å². The second kappa shape index (κ2) is 5.38. The molecule has 2 amide bonds. The number of carbonyl (C=O) groups excluding carboxylic acids is 2. The third kappa shape index (κ3) is 2.48. The molecule has 4 rings (SSSR count). The third-order valence-electron chi connectivity index (χ3n) is 3.88. The van der Waals surface area contributed by atoms with Crippen LogP contribution in [0, 0.1) is 6.92 Å². The van der Waals surface area contributed by atoms with Gasteiger partial charge in [0.25, 0.3) is 5.91 Å². The van der Waals surface area contributed by atoms with Crippen molar-refractivity contribution >= 4 is 34.4 Å². The van der Waals surface area contributed by atoms with E-state index >= 15 is 0 Å². The summed E-state index contributed by atoms with van der Waals surface area (Å²) in [5.74, 6) is 0.126. The van der Waals surface area contributed by atoms with E-state index in [9.17, 15) is 9.59 Å². The molecule has 0 bridgehead atoms. The normalized spacial score (nSPS) is 19.8. The van der Waals surface area contributed by atoms with Crippen LogP contribution in [0.4, 0.5) is 0 Å². The Morgan fingerprint density at radius 1 is 1.43 bits per heavy atom. The van der Waals surface area contributed by atoms with Gasteiger partial charge in [-0.25, -0.2) is 10.4 Å². The maximum absolute atomic E-state index is 12.5. The number of hydrogen-bond donors (Lipinski definition) is 1. The molecular formula is C15H15N5O2S. The van der Waals surface area contributed by atoms with Crippen LogP contribution in [0.1, 0.15) is 29.0 Å². The number of rotatable bonds is 3. The van der Waals surface area contributed by atoms with Gasteiger partial charge in [0.1, 0.15) is 11.3 Å². The summed E-state index contributed by atoms with van der Waals surface area (Å²) in [5, 5.41) is 4.75. The summed E-state index contributed by atoms with van der Waals surface area (Å²) in [5.41, 5.74) is 4.38. The molecule has 1 N–H and O–H groups in total. The van der Waals surface area contributed by atoms with Gasteiger partial charge in [-0.1, -0.05) is 17.8 Å². The molecule has 2 aromatic rings. The van der Waals surface area contributed by atoms with Gasteiger partial charge in [0.15, 0.2) is 5.17 Å². The van der Waals surface area contributed by atoms with Crippen LogP contribution in [0.5, 0.6) is 0 Å². The van der Waals surface area contributed by atoms with E-state index in [4.69, 9.17) is 0 Å². The van der Waals surface area contributed by atoms with Crippen LogP contribution in [0.15, 0.2) is 29.5 Å². The van der Waals surface area contributed by atoms with Crippen LogP contribution in [0.2, 0.25) is 0 Å². The minimum atomic E-state index is -0.329. The van der Waals surface area contributed by atoms with Gasteiger partial charge < -0.3 is 0 Å². The molecule has 7 nitrogen and oxygen atoms in total. The molecule has 3 heterocycles. The van der Waals surface area contributed by atoms with E-state index in [2.05, 4.69) is 15.5 Å². The molecule has 0 aromatic carbocycles. The van der Waals surface area contributed by atoms with Gasteiger partial charge >= 0.3 is 0 Å². The summed E-state index contributed by atoms with van der Waals surface area (Å²) >= 11 is 1.36. The minimum absolute atomic E-state index is 0.0662. The number of aromatic nitrogens is 2. The van der Waals surface area contributed by atoms with Gasteiger partial charge in [-0.3, -0.25) is 18.9 Å². The highest BCUT2D eigenvalue weighted by atomic mass is 32.2. The fourth-order valence-corrected chi connectivity index (χ4v) is 3.58. The van der Waals surface area contributed by atoms with Crippen LogP contribution in [0.25, 0.3) is 5.65 Å². The quantitative estimate of drug-likeness (QED) is 0.863. The number of pyridine rings is 1. The molecule has 1 saturated carbocycles. The van der Waals surface area contributed by atoms with Crippen molar-refractivity contribution in [1.29, 1.82) is 0 Å². The molecule has 0 atom stereocenters. The van der Waals surface area contributed by atoms with Gasteiger partial charge in [0.2, 0.25) is 5.91 Å². The van der Waals surface area contributed by atoms with Crippen molar-refractivity contribution in [3.63, 3.8) is 0 Å². The number of nitrogens with zero attached hydrogens (tertiary/aromatic N) is 4. The Morgan fingerprint density at radius 2 is 2.26 bits per heavy atom. The number of carbonyl (C=O) groups is 2. The average Bonchev–Trinajstić information content (AvgIpc) is 3.21. The fraction of sp³-hybridized carbons (Fsp3) is 0.333. The van der Waals surface area contributed by atoms with Crippen LogP contribution >= 0.6 is 11.8 Å². The number of nitrogens with one attached hydrogen (secondary N) is 1. The Hall–Kier alpha value is -2.35. The summed E-state index contributed by atoms with van der Waals surface area (Å²) in [7, 11) is 0. The predicted octanol–water partition coefficient (Wildman–Crippen LogP) is 1.38. The zero-order chi connectivity index (χ0) is 16.0. The first kappa shape index (κ1) is 14.3. The lowest BCUT2D eigenvalue weighted by atomic mass is 10.3. The number of hydrazone groups is 1. The molecule has 8 heteroatoms. The zero-order valence-electron chi connectivity index (χ0n) is 12.5. The molecule has 1 aliphatic carbocycles. The lowest BCUT2D eigenvalue weighted by Crippen LogP contribution is -2.33. The van der Waals surface area contributed by atoms with E-state index in [0.717, 1.165) is 12.8 Å². The van der Waals surface area contributed by atoms with Crippen LogP contribution in [-0.2, 0) is 4.79 Å². The molecule has 1 aliphatic heterocycles. The van der Waals surface area contributed by atoms with Gasteiger partial charge in [-0.2, -0.15) is 0 Å². The lowest BCUT2D eigenvalue weighted by molar-refractivity contribution is -0.124. The monoisotopic (exact) mass is 329 g/mol. The van der Waals surface area contributed by atoms with E-state index in [1.807, 2.05) is 18.2 Å². The molecule has 0 unspecified atom stereocenters. The van der Waals surface area contributed by atoms with E-state index in [1.54, 1.807) is 22.4 Å². The number of amidine groups is 1. The maximum atomic E-state index is 12.5. The lowest BCUT2D eigenvalue weighted by Gasteiger charge is -2.14. The molecule has 23 heavy (non-hydrogen) atoms. The highest BCUT2D eigenvalue weighted by Gasteiger charge is 2.40. The van der Waals surface area contributed by atoms with E-state index in [-0.39, 0.29) is 17.9 Å². The Morgan fingerprint density at radius 3 is 3.04 bits per heavy atom. The van der Waals surface area contributed by atoms with Crippen molar-refractivity contribution in [2.45, 2.75) is 25.8 Å². The fourth-order valence-electron chi connectivity index (χ4n) is 2.69. The smallest absolute Gasteiger partial charge is 0.290 e. The van der Waals surface area contributed by atoms with Gasteiger partial charge in [-0.05, 0) is 31.9 Å². The van der Waals surface area contributed by atoms with E-state index in [1.165, 1.54) is 11.8 Å². The summed E-state index contributed by atoms with van der Waals surface area (Å²) in [6.07, 6.45) is 3.80. The van der Waals surface area contributed by atoms with Crippen molar-refractivity contribution in [2.75, 3.05) is 5.75 Å². The third-order valence-corrected chi connectivity index (χ3v) is 4.82. The maximum Gasteiger partial charge on any atom is 0.290 e. The minimum Gasteiger partial charge on any atom is -0.295 e. The van der Waals surface area contributed by atoms with Crippen LogP contribution < -0.4 is 5.43 Å². The Balaban J connectivity index is 1.59. The number of amides is 2. The van der Waals surface area contributed by atoms with Crippen molar-refractivity contribution in [3.05, 3.63) is 35.8 Å². The summed E-state index contributed by atoms with van der Waals surface area (Å²) in [6.45, 7) is 1.79. The molecule has 0 radical (unpaired) electrons. The molecule has 2 aliphatic rings. The second-order valence-electron chi connectivity index (χ2n) is 5.59. The largest absolute Gasteiger partial charge is 0.295 e. The summed E-state index contributed by atoms with van der Waals surface area (Å²) in [6, 6.07) is 5.82. The molecule has 2 aromatic heterocycles. The van der Waals surface area contributed by atoms with Crippen molar-refractivity contribution in [3.8, 4) is 0 Å². The molecular weight excluding hydrogens is 314 g/mol. The first-order valence-electron chi connectivity index (χ1n) is 7.42. The Labute approximate surface area is 136 Å². The van der Waals surface area contributed by atoms with Gasteiger partial charge in [0, 0.05) is 12.2 Å². The molecule has 118 valence electrons. The highest BCUT2D eigenvalue weighted by molar-refractivity contribution is 8.15. The molecule has 2 fully saturated rings. The Bertz CT molecular complexity index is 840. The number of aryl methyl sites for hydroxylation is 1. The van der Waals surface area contributed by atoms with Gasteiger partial charge in [0.05, 0.1) is 11.4 Å². The van der Waals surface area contributed by atoms with E-state index in [0.29, 0.717) is 28.0 Å². The highest BCUT2D eigenvalue weighted by Crippen LogP contribution is 2.33. The number of imidazole rings is 1. The van der Waals surface area contributed by atoms with Crippen molar-refractivity contribution in [1.82, 2.24) is 19.7 Å². The standard InChI is InChI=1S/C15H15N5O2S/c1-9-13(19-7-3-2-4-11(19)16-9)14(22)17-18-15-20(10-5-6-10)12(21)8-23-15/h2-4,7,10H,5-6,8H2,1H3,(H,17,22)/b18-15+. The number of fused-ring (bicyclic) bond motifs is 1. The SMILES string of the molecule is Cc1nc2ccccn2c1C(=O)N/N=C1/SCC(=O)N1C1CC1. The van der Waals surface area contributed by atoms with Crippen molar-refractivity contribution < 1.29 is 9.59 Å².